The van der Waals surface area contributed by atoms with Gasteiger partial charge in [-0.3, -0.25) is 9.52 Å². The first-order valence-corrected chi connectivity index (χ1v) is 7.23. The number of hydrogen-bond acceptors (Lipinski definition) is 5. The highest BCUT2D eigenvalue weighted by molar-refractivity contribution is 7.92. The summed E-state index contributed by atoms with van der Waals surface area (Å²) in [5.74, 6) is -0.177. The van der Waals surface area contributed by atoms with Crippen LogP contribution in [0.4, 0.5) is 5.82 Å². The van der Waals surface area contributed by atoms with Gasteiger partial charge in [0.15, 0.2) is 0 Å². The second kappa shape index (κ2) is 4.88. The zero-order chi connectivity index (χ0) is 14.0. The Hall–Kier alpha value is -2.09. The van der Waals surface area contributed by atoms with E-state index in [1.54, 1.807) is 6.07 Å². The summed E-state index contributed by atoms with van der Waals surface area (Å²) in [5, 5.41) is 3.01. The molecule has 102 valence electrons. The van der Waals surface area contributed by atoms with E-state index in [0.717, 1.165) is 0 Å². The van der Waals surface area contributed by atoms with Crippen molar-refractivity contribution in [1.29, 1.82) is 0 Å². The van der Waals surface area contributed by atoms with Gasteiger partial charge in [-0.25, -0.2) is 8.42 Å². The lowest BCUT2D eigenvalue weighted by atomic mass is 10.2. The van der Waals surface area contributed by atoms with Gasteiger partial charge in [-0.2, -0.15) is 4.98 Å². The van der Waals surface area contributed by atoms with Crippen LogP contribution in [-0.4, -0.2) is 32.1 Å². The number of anilines is 1. The molecule has 0 radical (unpaired) electrons. The fourth-order valence-corrected chi connectivity index (χ4v) is 2.09. The Morgan fingerprint density at radius 2 is 2.16 bits per heavy atom. The molecule has 2 N–H and O–H groups in total. The Kier molecular flexibility index (Phi) is 3.43. The molecule has 0 saturated carbocycles. The lowest BCUT2D eigenvalue weighted by Crippen LogP contribution is -2.17. The summed E-state index contributed by atoms with van der Waals surface area (Å²) in [7, 11) is -1.88. The maximum Gasteiger partial charge on any atom is 0.254 e. The Bertz CT molecular complexity index is 721. The Morgan fingerprint density at radius 3 is 2.79 bits per heavy atom. The smallest absolute Gasteiger partial charge is 0.254 e. The number of nitrogens with zero attached hydrogens (tertiary/aromatic N) is 1. The molecule has 0 fully saturated rings. The van der Waals surface area contributed by atoms with Gasteiger partial charge in [-0.05, 0) is 19.1 Å². The van der Waals surface area contributed by atoms with Crippen LogP contribution in [-0.2, 0) is 10.0 Å². The van der Waals surface area contributed by atoms with Crippen molar-refractivity contribution in [2.24, 2.45) is 0 Å². The molecule has 2 aromatic rings. The number of nitrogens with one attached hydrogen (secondary N) is 2. The van der Waals surface area contributed by atoms with Gasteiger partial charge >= 0.3 is 0 Å². The molecule has 2 heterocycles. The molecular weight excluding hydrogens is 270 g/mol. The predicted octanol–water partition coefficient (Wildman–Crippen LogP) is 0.949. The zero-order valence-corrected chi connectivity index (χ0v) is 11.2. The molecule has 7 nitrogen and oxygen atoms in total. The largest absolute Gasteiger partial charge is 0.445 e. The van der Waals surface area contributed by atoms with Crippen molar-refractivity contribution in [2.45, 2.75) is 6.92 Å². The summed E-state index contributed by atoms with van der Waals surface area (Å²) < 4.78 is 30.3. The highest BCUT2D eigenvalue weighted by atomic mass is 32.2. The number of furan rings is 1. The predicted molar refractivity (Wildman–Crippen MR) is 70.5 cm³/mol. The molecule has 0 unspecified atom stereocenters. The third-order valence-corrected chi connectivity index (χ3v) is 3.83. The van der Waals surface area contributed by atoms with E-state index in [0.29, 0.717) is 10.9 Å². The second-order valence-electron chi connectivity index (χ2n) is 3.78. The van der Waals surface area contributed by atoms with Crippen molar-refractivity contribution in [3.05, 3.63) is 24.0 Å². The first-order valence-electron chi connectivity index (χ1n) is 5.57. The third-order valence-electron chi connectivity index (χ3n) is 2.55. The van der Waals surface area contributed by atoms with E-state index < -0.39 is 10.0 Å². The minimum Gasteiger partial charge on any atom is -0.445 e. The molecule has 0 aromatic carbocycles. The second-order valence-corrected chi connectivity index (χ2v) is 5.79. The average Bonchev–Trinajstić information content (AvgIpc) is 2.80. The van der Waals surface area contributed by atoms with Crippen LogP contribution in [0.15, 0.2) is 22.8 Å². The molecule has 2 rings (SSSR count). The van der Waals surface area contributed by atoms with Gasteiger partial charge in [0.05, 0.1) is 16.7 Å². The zero-order valence-electron chi connectivity index (χ0n) is 10.4. The monoisotopic (exact) mass is 283 g/mol. The summed E-state index contributed by atoms with van der Waals surface area (Å²) in [5.41, 5.74) is 0.560. The Morgan fingerprint density at radius 1 is 1.42 bits per heavy atom. The van der Waals surface area contributed by atoms with Crippen LogP contribution in [0.2, 0.25) is 0 Å². The van der Waals surface area contributed by atoms with Gasteiger partial charge in [0.2, 0.25) is 15.7 Å². The summed E-state index contributed by atoms with van der Waals surface area (Å²) in [4.78, 5) is 15.5. The van der Waals surface area contributed by atoms with Crippen molar-refractivity contribution in [3.63, 3.8) is 0 Å². The topological polar surface area (TPSA) is 101 Å². The molecule has 2 aromatic heterocycles. The standard InChI is InChI=1S/C11H13N3O4S/c1-3-19(16,17)14-9-5-4-7-8(10(15)12-2)6-18-11(7)13-9/h4-6H,3H2,1-2H3,(H,12,15)(H,13,14). The molecular formula is C11H13N3O4S. The quantitative estimate of drug-likeness (QED) is 0.869. The number of rotatable bonds is 4. The molecule has 0 spiro atoms. The number of sulfonamides is 1. The minimum absolute atomic E-state index is 0.0473. The van der Waals surface area contributed by atoms with Gasteiger partial charge in [-0.15, -0.1) is 0 Å². The summed E-state index contributed by atoms with van der Waals surface area (Å²) in [6.07, 6.45) is 1.29. The first kappa shape index (κ1) is 13.3. The van der Waals surface area contributed by atoms with Gasteiger partial charge in [0.1, 0.15) is 12.1 Å². The van der Waals surface area contributed by atoms with E-state index in [2.05, 4.69) is 15.0 Å². The van der Waals surface area contributed by atoms with E-state index >= 15 is 0 Å². The average molecular weight is 283 g/mol. The van der Waals surface area contributed by atoms with Crippen molar-refractivity contribution < 1.29 is 17.6 Å². The van der Waals surface area contributed by atoms with Crippen LogP contribution in [0.25, 0.3) is 11.1 Å². The maximum absolute atomic E-state index is 11.5. The number of aromatic nitrogens is 1. The van der Waals surface area contributed by atoms with Crippen LogP contribution >= 0.6 is 0 Å². The first-order chi connectivity index (χ1) is 8.96. The SMILES string of the molecule is CCS(=O)(=O)Nc1ccc2c(C(=O)NC)coc2n1. The molecule has 0 aliphatic heterocycles. The van der Waals surface area contributed by atoms with E-state index in [9.17, 15) is 13.2 Å². The molecule has 0 aliphatic rings. The number of carbonyl (C=O) groups excluding carboxylic acids is 1. The van der Waals surface area contributed by atoms with Gasteiger partial charge in [0, 0.05) is 7.05 Å². The summed E-state index contributed by atoms with van der Waals surface area (Å²) in [6, 6.07) is 3.07. The van der Waals surface area contributed by atoms with Crippen molar-refractivity contribution in [1.82, 2.24) is 10.3 Å². The minimum atomic E-state index is -3.39. The highest BCUT2D eigenvalue weighted by Gasteiger charge is 2.15. The van der Waals surface area contributed by atoms with Crippen LogP contribution in [0, 0.1) is 0 Å². The van der Waals surface area contributed by atoms with Gasteiger partial charge < -0.3 is 9.73 Å². The summed E-state index contributed by atoms with van der Waals surface area (Å²) >= 11 is 0. The molecule has 0 atom stereocenters. The van der Waals surface area contributed by atoms with Crippen molar-refractivity contribution >= 4 is 32.8 Å². The van der Waals surface area contributed by atoms with E-state index in [1.165, 1.54) is 26.3 Å². The number of pyridine rings is 1. The number of fused-ring (bicyclic) bond motifs is 1. The number of hydrogen-bond donors (Lipinski definition) is 2. The molecule has 0 saturated heterocycles. The number of carbonyl (C=O) groups is 1. The summed E-state index contributed by atoms with van der Waals surface area (Å²) in [6.45, 7) is 1.53. The van der Waals surface area contributed by atoms with Crippen LogP contribution < -0.4 is 10.0 Å². The van der Waals surface area contributed by atoms with Crippen LogP contribution in [0.5, 0.6) is 0 Å². The lowest BCUT2D eigenvalue weighted by molar-refractivity contribution is 0.0964. The maximum atomic E-state index is 11.5. The molecule has 8 heteroatoms. The molecule has 0 aliphatic carbocycles. The normalized spacial score (nSPS) is 11.5. The fourth-order valence-electron chi connectivity index (χ4n) is 1.51. The molecule has 1 amide bonds. The van der Waals surface area contributed by atoms with Gasteiger partial charge in [0.25, 0.3) is 5.91 Å². The molecule has 0 bridgehead atoms. The number of amides is 1. The highest BCUT2D eigenvalue weighted by Crippen LogP contribution is 2.21. The van der Waals surface area contributed by atoms with E-state index in [1.807, 2.05) is 0 Å². The third kappa shape index (κ3) is 2.68. The van der Waals surface area contributed by atoms with E-state index in [4.69, 9.17) is 4.42 Å². The van der Waals surface area contributed by atoms with Crippen LogP contribution in [0.1, 0.15) is 17.3 Å². The lowest BCUT2D eigenvalue weighted by Gasteiger charge is -2.04. The fraction of sp³-hybridized carbons (Fsp3) is 0.273. The Balaban J connectivity index is 2.41. The van der Waals surface area contributed by atoms with Crippen molar-refractivity contribution in [3.8, 4) is 0 Å². The molecule has 19 heavy (non-hydrogen) atoms. The van der Waals surface area contributed by atoms with Gasteiger partial charge in [-0.1, -0.05) is 0 Å². The Labute approximate surface area is 110 Å². The van der Waals surface area contributed by atoms with Crippen LogP contribution in [0.3, 0.4) is 0 Å². The van der Waals surface area contributed by atoms with E-state index in [-0.39, 0.29) is 23.2 Å². The van der Waals surface area contributed by atoms with Crippen molar-refractivity contribution in [2.75, 3.05) is 17.5 Å².